The maximum absolute atomic E-state index is 12.0. The molecule has 2 atom stereocenters. The standard InChI is InChI=1S/C2H4F5N2P3/c3-1(4,5)2(6,7)11-9-12-8-10/h8,12H,10H2. The van der Waals surface area contributed by atoms with E-state index in [0.717, 1.165) is 0 Å². The predicted molar refractivity (Wildman–Crippen MR) is 41.5 cm³/mol. The Bertz CT molecular complexity index is 167. The monoisotopic (exact) mass is 244 g/mol. The van der Waals surface area contributed by atoms with Gasteiger partial charge in [-0.2, -0.15) is 22.0 Å². The van der Waals surface area contributed by atoms with E-state index in [0.29, 0.717) is 0 Å². The number of rotatable bonds is 3. The molecule has 0 aliphatic carbocycles. The Labute approximate surface area is 70.7 Å². The summed E-state index contributed by atoms with van der Waals surface area (Å²) in [6.45, 7) is 0. The van der Waals surface area contributed by atoms with Gasteiger partial charge in [0, 0.05) is 0 Å². The second-order valence-corrected chi connectivity index (χ2v) is 4.44. The molecule has 0 spiro atoms. The Hall–Kier alpha value is 0.570. The molecule has 0 heterocycles. The fourth-order valence-corrected chi connectivity index (χ4v) is 1.74. The van der Waals surface area contributed by atoms with E-state index in [9.17, 15) is 22.0 Å². The predicted octanol–water partition coefficient (Wildman–Crippen LogP) is 3.16. The van der Waals surface area contributed by atoms with Gasteiger partial charge in [-0.1, -0.05) is 9.39 Å². The molecule has 0 fully saturated rings. The van der Waals surface area contributed by atoms with E-state index in [2.05, 4.69) is 9.37 Å². The molecule has 0 radical (unpaired) electrons. The normalized spacial score (nSPS) is 15.2. The molecule has 10 heteroatoms. The van der Waals surface area contributed by atoms with Gasteiger partial charge in [0.15, 0.2) is 0 Å². The summed E-state index contributed by atoms with van der Waals surface area (Å²) in [7, 11) is 0.169. The highest BCUT2D eigenvalue weighted by Crippen LogP contribution is 2.45. The molecule has 0 aliphatic heterocycles. The molecule has 0 aromatic heterocycles. The van der Waals surface area contributed by atoms with E-state index in [-0.39, 0.29) is 0 Å². The average Bonchev–Trinajstić information content (AvgIpc) is 1.85. The van der Waals surface area contributed by atoms with Crippen molar-refractivity contribution in [2.24, 2.45) is 4.52 Å². The molecule has 0 amide bonds. The van der Waals surface area contributed by atoms with Gasteiger partial charge >= 0.3 is 11.8 Å². The van der Waals surface area contributed by atoms with Crippen LogP contribution >= 0.6 is 26.6 Å². The molecule has 0 aromatic rings. The Balaban J connectivity index is 4.22. The number of halogens is 5. The summed E-state index contributed by atoms with van der Waals surface area (Å²) in [4.78, 5) is 2.26. The van der Waals surface area contributed by atoms with Gasteiger partial charge in [-0.05, 0) is 0 Å². The van der Waals surface area contributed by atoms with Crippen LogP contribution in [-0.4, -0.2) is 11.8 Å². The van der Waals surface area contributed by atoms with Crippen LogP contribution in [0.3, 0.4) is 0 Å². The van der Waals surface area contributed by atoms with E-state index < -0.39 is 29.1 Å². The fraction of sp³-hybridized carbons (Fsp3) is 1.00. The molecule has 12 heavy (non-hydrogen) atoms. The van der Waals surface area contributed by atoms with Crippen LogP contribution in [0.2, 0.25) is 0 Å². The number of nitrogens with zero attached hydrogens (tertiary/aromatic N) is 1. The number of nitrogens with one attached hydrogen (secondary N) is 1. The van der Waals surface area contributed by atoms with Gasteiger partial charge in [-0.3, -0.25) is 4.86 Å². The molecule has 0 bridgehead atoms. The zero-order valence-electron chi connectivity index (χ0n) is 5.36. The van der Waals surface area contributed by atoms with Crippen LogP contribution in [0, 0.1) is 0 Å². The first-order valence-corrected chi connectivity index (χ1v) is 4.75. The van der Waals surface area contributed by atoms with Crippen molar-refractivity contribution in [1.29, 1.82) is 0 Å². The molecule has 0 rings (SSSR count). The summed E-state index contributed by atoms with van der Waals surface area (Å²) >= 11 is 0. The maximum atomic E-state index is 12.0. The zero-order chi connectivity index (χ0) is 9.83. The van der Waals surface area contributed by atoms with Crippen molar-refractivity contribution in [1.82, 2.24) is 4.86 Å². The van der Waals surface area contributed by atoms with Gasteiger partial charge in [0.05, 0.1) is 17.3 Å². The lowest BCUT2D eigenvalue weighted by atomic mass is 10.7. The largest absolute Gasteiger partial charge is 0.463 e. The maximum Gasteiger partial charge on any atom is 0.463 e. The molecule has 0 saturated heterocycles. The van der Waals surface area contributed by atoms with Crippen molar-refractivity contribution in [2.45, 2.75) is 11.8 Å². The number of alkyl halides is 5. The molecule has 72 valence electrons. The first kappa shape index (κ1) is 12.6. The molecule has 0 aromatic carbocycles. The molecule has 2 nitrogen and oxygen atoms in total. The van der Waals surface area contributed by atoms with Crippen LogP contribution in [0.15, 0.2) is 4.52 Å². The topological polar surface area (TPSA) is 24.4 Å². The second kappa shape index (κ2) is 4.71. The van der Waals surface area contributed by atoms with Crippen LogP contribution in [0.5, 0.6) is 0 Å². The third-order valence-corrected chi connectivity index (χ3v) is 2.45. The summed E-state index contributed by atoms with van der Waals surface area (Å²) in [6, 6.07) is 0. The van der Waals surface area contributed by atoms with Crippen molar-refractivity contribution in [3.63, 3.8) is 0 Å². The van der Waals surface area contributed by atoms with Crippen LogP contribution in [0.25, 0.3) is 0 Å². The number of hydrogen-bond acceptors (Lipinski definition) is 2. The Kier molecular flexibility index (Phi) is 4.93. The van der Waals surface area contributed by atoms with E-state index in [1.54, 1.807) is 0 Å². The molecular weight excluding hydrogens is 240 g/mol. The lowest BCUT2D eigenvalue weighted by molar-refractivity contribution is -0.238. The van der Waals surface area contributed by atoms with Crippen LogP contribution in [0.1, 0.15) is 0 Å². The summed E-state index contributed by atoms with van der Waals surface area (Å²) in [6.07, 6.45) is -5.52. The SMILES string of the molecule is FC(F)(F)C(F)(F)P=NPNP. The second-order valence-electron chi connectivity index (χ2n) is 1.50. The van der Waals surface area contributed by atoms with Gasteiger partial charge in [0.2, 0.25) is 0 Å². The summed E-state index contributed by atoms with van der Waals surface area (Å²) in [5.41, 5.74) is -4.75. The summed E-state index contributed by atoms with van der Waals surface area (Å²) in [5.74, 6) is 0. The van der Waals surface area contributed by atoms with Crippen molar-refractivity contribution in [3.8, 4) is 0 Å². The van der Waals surface area contributed by atoms with E-state index in [4.69, 9.17) is 0 Å². The summed E-state index contributed by atoms with van der Waals surface area (Å²) in [5, 5.41) is 0. The highest BCUT2D eigenvalue weighted by Gasteiger charge is 2.57. The Morgan fingerprint density at radius 2 is 1.75 bits per heavy atom. The lowest BCUT2D eigenvalue weighted by Crippen LogP contribution is -2.30. The fourth-order valence-electron chi connectivity index (χ4n) is 0.173. The summed E-state index contributed by atoms with van der Waals surface area (Å²) < 4.78 is 61.2. The van der Waals surface area contributed by atoms with Crippen molar-refractivity contribution in [2.75, 3.05) is 0 Å². The van der Waals surface area contributed by atoms with Crippen LogP contribution in [0.4, 0.5) is 22.0 Å². The minimum atomic E-state index is -5.52. The van der Waals surface area contributed by atoms with Gasteiger partial charge in [0.25, 0.3) is 0 Å². The molecule has 2 unspecified atom stereocenters. The van der Waals surface area contributed by atoms with Gasteiger partial charge in [-0.25, -0.2) is 4.52 Å². The molecule has 1 N–H and O–H groups in total. The molecule has 0 aliphatic rings. The minimum absolute atomic E-state index is 0.487. The zero-order valence-corrected chi connectivity index (χ0v) is 8.41. The molecular formula is C2H4F5N2P3. The third-order valence-electron chi connectivity index (χ3n) is 0.631. The van der Waals surface area contributed by atoms with Crippen LogP contribution < -0.4 is 4.86 Å². The van der Waals surface area contributed by atoms with Crippen LogP contribution in [-0.2, 0) is 0 Å². The average molecular weight is 244 g/mol. The first-order valence-electron chi connectivity index (χ1n) is 2.38. The smallest absolute Gasteiger partial charge is 0.263 e. The van der Waals surface area contributed by atoms with Crippen molar-refractivity contribution in [3.05, 3.63) is 0 Å². The van der Waals surface area contributed by atoms with E-state index in [1.807, 2.05) is 9.39 Å². The van der Waals surface area contributed by atoms with Crippen molar-refractivity contribution < 1.29 is 22.0 Å². The van der Waals surface area contributed by atoms with Crippen molar-refractivity contribution >= 4 is 26.6 Å². The minimum Gasteiger partial charge on any atom is -0.263 e. The first-order chi connectivity index (χ1) is 5.31. The van der Waals surface area contributed by atoms with Gasteiger partial charge in [-0.15, -0.1) is 0 Å². The number of hydrogen-bond donors (Lipinski definition) is 1. The Morgan fingerprint density at radius 3 is 2.08 bits per heavy atom. The van der Waals surface area contributed by atoms with Gasteiger partial charge < -0.3 is 0 Å². The quantitative estimate of drug-likeness (QED) is 0.598. The third kappa shape index (κ3) is 3.99. The van der Waals surface area contributed by atoms with Gasteiger partial charge in [0.1, 0.15) is 0 Å². The van der Waals surface area contributed by atoms with E-state index in [1.165, 1.54) is 0 Å². The van der Waals surface area contributed by atoms with E-state index >= 15 is 0 Å². The molecule has 0 saturated carbocycles. The highest BCUT2D eigenvalue weighted by molar-refractivity contribution is 7.49. The lowest BCUT2D eigenvalue weighted by Gasteiger charge is -2.13. The highest BCUT2D eigenvalue weighted by atomic mass is 31.1. The Morgan fingerprint density at radius 1 is 1.25 bits per heavy atom.